The average molecular weight is 358 g/mol. The van der Waals surface area contributed by atoms with E-state index in [9.17, 15) is 0 Å². The van der Waals surface area contributed by atoms with Gasteiger partial charge in [-0.3, -0.25) is 0 Å². The second-order valence-corrected chi connectivity index (χ2v) is 6.20. The fourth-order valence-corrected chi connectivity index (χ4v) is 2.70. The molecule has 6 heteroatoms. The van der Waals surface area contributed by atoms with Gasteiger partial charge in [0.15, 0.2) is 5.16 Å². The summed E-state index contributed by atoms with van der Waals surface area (Å²) in [6.45, 7) is 0. The van der Waals surface area contributed by atoms with Crippen LogP contribution in [0.5, 0.6) is 5.75 Å². The molecular weight excluding hydrogens is 342 g/mol. The predicted octanol–water partition coefficient (Wildman–Crippen LogP) is 5.27. The molecule has 0 aliphatic heterocycles. The number of anilines is 2. The highest BCUT2D eigenvalue weighted by Crippen LogP contribution is 2.27. The van der Waals surface area contributed by atoms with E-state index in [4.69, 9.17) is 16.3 Å². The molecule has 0 unspecified atom stereocenters. The smallest absolute Gasteiger partial charge is 0.189 e. The van der Waals surface area contributed by atoms with E-state index in [-0.39, 0.29) is 0 Å². The molecule has 0 atom stereocenters. The molecule has 0 radical (unpaired) electrons. The molecule has 0 fully saturated rings. The SMILES string of the molecule is COc1cccc(-c2cc(Nc3ccc(Cl)cc3)nc(SC)n2)c1. The van der Waals surface area contributed by atoms with Crippen molar-refractivity contribution in [2.24, 2.45) is 0 Å². The Kier molecular flexibility index (Phi) is 5.23. The summed E-state index contributed by atoms with van der Waals surface area (Å²) >= 11 is 7.43. The minimum atomic E-state index is 0.699. The van der Waals surface area contributed by atoms with Crippen LogP contribution in [0.1, 0.15) is 0 Å². The molecule has 0 saturated carbocycles. The summed E-state index contributed by atoms with van der Waals surface area (Å²) in [7, 11) is 1.65. The van der Waals surface area contributed by atoms with Crippen LogP contribution in [-0.4, -0.2) is 23.3 Å². The minimum Gasteiger partial charge on any atom is -0.497 e. The number of ether oxygens (including phenoxy) is 1. The number of halogens is 1. The third-order valence-electron chi connectivity index (χ3n) is 3.37. The molecule has 122 valence electrons. The van der Waals surface area contributed by atoms with Gasteiger partial charge in [0.25, 0.3) is 0 Å². The van der Waals surface area contributed by atoms with E-state index >= 15 is 0 Å². The molecule has 1 aromatic heterocycles. The molecule has 3 aromatic rings. The van der Waals surface area contributed by atoms with Crippen LogP contribution < -0.4 is 10.1 Å². The van der Waals surface area contributed by atoms with Crippen LogP contribution in [0.15, 0.2) is 59.8 Å². The average Bonchev–Trinajstić information content (AvgIpc) is 2.63. The Balaban J connectivity index is 1.96. The number of rotatable bonds is 5. The monoisotopic (exact) mass is 357 g/mol. The number of thioether (sulfide) groups is 1. The fraction of sp³-hybridized carbons (Fsp3) is 0.111. The zero-order chi connectivity index (χ0) is 16.9. The first-order valence-corrected chi connectivity index (χ1v) is 8.88. The molecule has 0 amide bonds. The van der Waals surface area contributed by atoms with E-state index < -0.39 is 0 Å². The van der Waals surface area contributed by atoms with Crippen molar-refractivity contribution >= 4 is 34.9 Å². The number of nitrogens with zero attached hydrogens (tertiary/aromatic N) is 2. The summed E-state index contributed by atoms with van der Waals surface area (Å²) in [5.74, 6) is 1.53. The van der Waals surface area contributed by atoms with Crippen molar-refractivity contribution < 1.29 is 4.74 Å². The van der Waals surface area contributed by atoms with E-state index in [1.54, 1.807) is 7.11 Å². The highest BCUT2D eigenvalue weighted by molar-refractivity contribution is 7.98. The van der Waals surface area contributed by atoms with Crippen LogP contribution in [0.2, 0.25) is 5.02 Å². The zero-order valence-corrected chi connectivity index (χ0v) is 14.9. The first-order chi connectivity index (χ1) is 11.7. The van der Waals surface area contributed by atoms with Crippen molar-refractivity contribution in [3.8, 4) is 17.0 Å². The van der Waals surface area contributed by atoms with Crippen molar-refractivity contribution in [1.82, 2.24) is 9.97 Å². The summed E-state index contributed by atoms with van der Waals surface area (Å²) in [6.07, 6.45) is 1.96. The fourth-order valence-electron chi connectivity index (χ4n) is 2.19. The van der Waals surface area contributed by atoms with Crippen LogP contribution in [0.25, 0.3) is 11.3 Å². The number of benzene rings is 2. The van der Waals surface area contributed by atoms with Crippen molar-refractivity contribution in [2.75, 3.05) is 18.7 Å². The zero-order valence-electron chi connectivity index (χ0n) is 13.3. The summed E-state index contributed by atoms with van der Waals surface area (Å²) in [4.78, 5) is 9.10. The van der Waals surface area contributed by atoms with Gasteiger partial charge in [-0.15, -0.1) is 0 Å². The van der Waals surface area contributed by atoms with Gasteiger partial charge in [-0.1, -0.05) is 35.5 Å². The maximum Gasteiger partial charge on any atom is 0.189 e. The van der Waals surface area contributed by atoms with Gasteiger partial charge in [0, 0.05) is 22.3 Å². The lowest BCUT2D eigenvalue weighted by atomic mass is 10.1. The highest BCUT2D eigenvalue weighted by Gasteiger charge is 2.08. The summed E-state index contributed by atoms with van der Waals surface area (Å²) in [6, 6.07) is 17.2. The van der Waals surface area contributed by atoms with Crippen LogP contribution in [0, 0.1) is 0 Å². The molecule has 1 N–H and O–H groups in total. The van der Waals surface area contributed by atoms with Crippen molar-refractivity contribution in [1.29, 1.82) is 0 Å². The molecule has 0 aliphatic carbocycles. The standard InChI is InChI=1S/C18H16ClN3OS/c1-23-15-5-3-4-12(10-15)16-11-17(22-18(21-16)24-2)20-14-8-6-13(19)7-9-14/h3-11H,1-2H3,(H,20,21,22). The van der Waals surface area contributed by atoms with Crippen LogP contribution >= 0.6 is 23.4 Å². The van der Waals surface area contributed by atoms with Gasteiger partial charge < -0.3 is 10.1 Å². The Bertz CT molecular complexity index is 840. The van der Waals surface area contributed by atoms with Gasteiger partial charge >= 0.3 is 0 Å². The Labute approximate surface area is 150 Å². The van der Waals surface area contributed by atoms with E-state index in [2.05, 4.69) is 15.3 Å². The van der Waals surface area contributed by atoms with E-state index in [0.29, 0.717) is 10.2 Å². The number of methoxy groups -OCH3 is 1. The maximum atomic E-state index is 5.93. The minimum absolute atomic E-state index is 0.699. The van der Waals surface area contributed by atoms with E-state index in [1.807, 2.05) is 60.9 Å². The van der Waals surface area contributed by atoms with Gasteiger partial charge in [-0.05, 0) is 42.7 Å². The van der Waals surface area contributed by atoms with E-state index in [0.717, 1.165) is 28.5 Å². The molecule has 0 spiro atoms. The van der Waals surface area contributed by atoms with Crippen molar-refractivity contribution in [2.45, 2.75) is 5.16 Å². The Morgan fingerprint density at radius 2 is 1.83 bits per heavy atom. The second-order valence-electron chi connectivity index (χ2n) is 4.99. The van der Waals surface area contributed by atoms with E-state index in [1.165, 1.54) is 11.8 Å². The Hall–Kier alpha value is -2.24. The molecule has 1 heterocycles. The Morgan fingerprint density at radius 1 is 1.04 bits per heavy atom. The van der Waals surface area contributed by atoms with Gasteiger partial charge in [0.1, 0.15) is 11.6 Å². The third-order valence-corrected chi connectivity index (χ3v) is 4.17. The van der Waals surface area contributed by atoms with Crippen LogP contribution in [0.3, 0.4) is 0 Å². The lowest BCUT2D eigenvalue weighted by Crippen LogP contribution is -1.98. The number of hydrogen-bond acceptors (Lipinski definition) is 5. The second kappa shape index (κ2) is 7.55. The molecule has 24 heavy (non-hydrogen) atoms. The molecule has 4 nitrogen and oxygen atoms in total. The van der Waals surface area contributed by atoms with Crippen LogP contribution in [0.4, 0.5) is 11.5 Å². The number of aromatic nitrogens is 2. The normalized spacial score (nSPS) is 10.5. The quantitative estimate of drug-likeness (QED) is 0.497. The third kappa shape index (κ3) is 3.99. The molecule has 0 bridgehead atoms. The maximum absolute atomic E-state index is 5.93. The highest BCUT2D eigenvalue weighted by atomic mass is 35.5. The molecule has 0 saturated heterocycles. The molecule has 0 aliphatic rings. The topological polar surface area (TPSA) is 47.0 Å². The Morgan fingerprint density at radius 3 is 2.54 bits per heavy atom. The summed E-state index contributed by atoms with van der Waals surface area (Å²) < 4.78 is 5.29. The van der Waals surface area contributed by atoms with Gasteiger partial charge in [0.2, 0.25) is 0 Å². The first kappa shape index (κ1) is 16.6. The lowest BCUT2D eigenvalue weighted by molar-refractivity contribution is 0.415. The number of hydrogen-bond donors (Lipinski definition) is 1. The largest absolute Gasteiger partial charge is 0.497 e. The predicted molar refractivity (Wildman–Crippen MR) is 101 cm³/mol. The molecular formula is C18H16ClN3OS. The summed E-state index contributed by atoms with van der Waals surface area (Å²) in [5, 5.41) is 4.69. The first-order valence-electron chi connectivity index (χ1n) is 7.28. The molecule has 3 rings (SSSR count). The van der Waals surface area contributed by atoms with Gasteiger partial charge in [0.05, 0.1) is 12.8 Å². The summed E-state index contributed by atoms with van der Waals surface area (Å²) in [5.41, 5.74) is 2.73. The number of nitrogens with one attached hydrogen (secondary N) is 1. The van der Waals surface area contributed by atoms with Crippen LogP contribution in [-0.2, 0) is 0 Å². The van der Waals surface area contributed by atoms with Crippen molar-refractivity contribution in [3.63, 3.8) is 0 Å². The molecule has 2 aromatic carbocycles. The lowest BCUT2D eigenvalue weighted by Gasteiger charge is -2.10. The van der Waals surface area contributed by atoms with Gasteiger partial charge in [-0.25, -0.2) is 9.97 Å². The van der Waals surface area contributed by atoms with Crippen molar-refractivity contribution in [3.05, 3.63) is 59.6 Å². The van der Waals surface area contributed by atoms with Gasteiger partial charge in [-0.2, -0.15) is 0 Å².